The number of rotatable bonds is 10. The summed E-state index contributed by atoms with van der Waals surface area (Å²) in [6.45, 7) is 4.27. The number of ether oxygens (including phenoxy) is 2. The maximum absolute atomic E-state index is 12.4. The lowest BCUT2D eigenvalue weighted by Gasteiger charge is -2.11. The highest BCUT2D eigenvalue weighted by Crippen LogP contribution is 2.24. The van der Waals surface area contributed by atoms with E-state index in [2.05, 4.69) is 12.6 Å². The number of hydrogen-bond donors (Lipinski definition) is 0. The van der Waals surface area contributed by atoms with Gasteiger partial charge in [0.25, 0.3) is 0 Å². The molecule has 0 unspecified atom stereocenters. The monoisotopic (exact) mass is 435 g/mol. The van der Waals surface area contributed by atoms with Crippen LogP contribution in [0.5, 0.6) is 17.2 Å². The summed E-state index contributed by atoms with van der Waals surface area (Å²) in [5, 5.41) is 9.18. The van der Waals surface area contributed by atoms with E-state index in [0.29, 0.717) is 36.7 Å². The third kappa shape index (κ3) is 6.11. The number of nitrogens with zero attached hydrogens (tertiary/aromatic N) is 1. The van der Waals surface area contributed by atoms with Crippen molar-refractivity contribution >= 4 is 10.1 Å². The summed E-state index contributed by atoms with van der Waals surface area (Å²) < 4.78 is 41.2. The van der Waals surface area contributed by atoms with E-state index in [4.69, 9.17) is 13.7 Å². The average Bonchev–Trinajstić information content (AvgIpc) is 2.78. The Morgan fingerprint density at radius 2 is 1.71 bits per heavy atom. The molecule has 0 amide bonds. The Morgan fingerprint density at radius 3 is 2.45 bits per heavy atom. The molecule has 0 aromatic heterocycles. The van der Waals surface area contributed by atoms with Gasteiger partial charge in [-0.25, -0.2) is 0 Å². The van der Waals surface area contributed by atoms with Crippen molar-refractivity contribution < 1.29 is 22.1 Å². The number of benzene rings is 3. The van der Waals surface area contributed by atoms with Crippen molar-refractivity contribution in [3.05, 3.63) is 96.6 Å². The van der Waals surface area contributed by atoms with Gasteiger partial charge in [0, 0.05) is 12.5 Å². The number of nitriles is 1. The van der Waals surface area contributed by atoms with Crippen LogP contribution in [0.4, 0.5) is 0 Å². The third-order valence-corrected chi connectivity index (χ3v) is 5.49. The summed E-state index contributed by atoms with van der Waals surface area (Å²) in [5.41, 5.74) is 1.40. The van der Waals surface area contributed by atoms with Crippen molar-refractivity contribution in [3.8, 4) is 23.3 Å². The van der Waals surface area contributed by atoms with E-state index in [-0.39, 0.29) is 10.6 Å². The van der Waals surface area contributed by atoms with E-state index in [0.717, 1.165) is 5.56 Å². The van der Waals surface area contributed by atoms with Gasteiger partial charge in [-0.1, -0.05) is 43.0 Å². The summed E-state index contributed by atoms with van der Waals surface area (Å²) in [6.07, 6.45) is 2.19. The molecular formula is C24H21NO5S. The Morgan fingerprint density at radius 1 is 0.935 bits per heavy atom. The second-order valence-corrected chi connectivity index (χ2v) is 8.01. The summed E-state index contributed by atoms with van der Waals surface area (Å²) in [5.74, 6) is 1.15. The lowest BCUT2D eigenvalue weighted by Crippen LogP contribution is -2.09. The van der Waals surface area contributed by atoms with Crippen molar-refractivity contribution in [2.75, 3.05) is 13.2 Å². The standard InChI is InChI=1S/C24H21NO5S/c1-2-14-29-24-16-19(11-12-20(24)18-25)13-15-28-21-7-6-8-22(17-21)30-31(26,27)23-9-4-3-5-10-23/h2-12,16-17H,1,13-15H2. The minimum atomic E-state index is -3.92. The second kappa shape index (κ2) is 10.3. The highest BCUT2D eigenvalue weighted by atomic mass is 32.2. The molecule has 0 aliphatic carbocycles. The van der Waals surface area contributed by atoms with Crippen LogP contribution in [-0.2, 0) is 16.5 Å². The van der Waals surface area contributed by atoms with Crippen LogP contribution < -0.4 is 13.7 Å². The van der Waals surface area contributed by atoms with Crippen LogP contribution in [0.3, 0.4) is 0 Å². The zero-order valence-corrected chi connectivity index (χ0v) is 17.5. The van der Waals surface area contributed by atoms with Gasteiger partial charge in [0.1, 0.15) is 34.8 Å². The maximum atomic E-state index is 12.4. The van der Waals surface area contributed by atoms with Crippen molar-refractivity contribution in [3.63, 3.8) is 0 Å². The SMILES string of the molecule is C=CCOc1cc(CCOc2cccc(OS(=O)(=O)c3ccccc3)c2)ccc1C#N. The topological polar surface area (TPSA) is 85.6 Å². The van der Waals surface area contributed by atoms with E-state index in [1.165, 1.54) is 18.2 Å². The predicted molar refractivity (Wildman–Crippen MR) is 117 cm³/mol. The predicted octanol–water partition coefficient (Wildman–Crippen LogP) is 4.51. The van der Waals surface area contributed by atoms with Crippen LogP contribution in [0.1, 0.15) is 11.1 Å². The average molecular weight is 436 g/mol. The van der Waals surface area contributed by atoms with E-state index in [1.54, 1.807) is 54.6 Å². The summed E-state index contributed by atoms with van der Waals surface area (Å²) >= 11 is 0. The van der Waals surface area contributed by atoms with E-state index in [1.807, 2.05) is 6.07 Å². The van der Waals surface area contributed by atoms with Gasteiger partial charge in [-0.15, -0.1) is 0 Å². The van der Waals surface area contributed by atoms with Crippen LogP contribution in [0, 0.1) is 11.3 Å². The maximum Gasteiger partial charge on any atom is 0.339 e. The normalized spacial score (nSPS) is 10.7. The van der Waals surface area contributed by atoms with Crippen molar-refractivity contribution in [1.29, 1.82) is 5.26 Å². The molecule has 0 heterocycles. The third-order valence-electron chi connectivity index (χ3n) is 4.23. The Bertz CT molecular complexity index is 1180. The lowest BCUT2D eigenvalue weighted by atomic mass is 10.1. The first-order valence-electron chi connectivity index (χ1n) is 9.51. The van der Waals surface area contributed by atoms with Gasteiger partial charge >= 0.3 is 10.1 Å². The Labute approximate surface area is 182 Å². The molecule has 158 valence electrons. The van der Waals surface area contributed by atoms with Gasteiger partial charge in [0.2, 0.25) is 0 Å². The van der Waals surface area contributed by atoms with Crippen LogP contribution in [-0.4, -0.2) is 21.6 Å². The largest absolute Gasteiger partial charge is 0.493 e. The van der Waals surface area contributed by atoms with Gasteiger partial charge in [-0.05, 0) is 42.0 Å². The van der Waals surface area contributed by atoms with Crippen molar-refractivity contribution in [1.82, 2.24) is 0 Å². The molecule has 3 rings (SSSR count). The molecule has 0 N–H and O–H groups in total. The molecule has 0 radical (unpaired) electrons. The summed E-state index contributed by atoms with van der Waals surface area (Å²) in [7, 11) is -3.92. The van der Waals surface area contributed by atoms with Gasteiger partial charge in [0.15, 0.2) is 0 Å². The fourth-order valence-corrected chi connectivity index (χ4v) is 3.69. The lowest BCUT2D eigenvalue weighted by molar-refractivity contribution is 0.320. The fraction of sp³-hybridized carbons (Fsp3) is 0.125. The van der Waals surface area contributed by atoms with Gasteiger partial charge in [-0.3, -0.25) is 0 Å². The van der Waals surface area contributed by atoms with Crippen molar-refractivity contribution in [2.45, 2.75) is 11.3 Å². The minimum absolute atomic E-state index is 0.0802. The summed E-state index contributed by atoms with van der Waals surface area (Å²) in [6, 6.07) is 21.8. The van der Waals surface area contributed by atoms with Crippen LogP contribution in [0.15, 0.2) is 90.3 Å². The second-order valence-electron chi connectivity index (χ2n) is 6.47. The quantitative estimate of drug-likeness (QED) is 0.344. The molecule has 6 nitrogen and oxygen atoms in total. The molecule has 0 fully saturated rings. The smallest absolute Gasteiger partial charge is 0.339 e. The molecule has 0 saturated carbocycles. The Hall–Kier alpha value is -3.76. The first-order valence-corrected chi connectivity index (χ1v) is 10.9. The van der Waals surface area contributed by atoms with Gasteiger partial charge < -0.3 is 13.7 Å². The first kappa shape index (κ1) is 21.9. The minimum Gasteiger partial charge on any atom is -0.493 e. The zero-order chi connectivity index (χ0) is 22.1. The summed E-state index contributed by atoms with van der Waals surface area (Å²) in [4.78, 5) is 0.0802. The van der Waals surface area contributed by atoms with Gasteiger partial charge in [-0.2, -0.15) is 13.7 Å². The molecule has 0 spiro atoms. The van der Waals surface area contributed by atoms with Crippen LogP contribution in [0.25, 0.3) is 0 Å². The molecule has 31 heavy (non-hydrogen) atoms. The van der Waals surface area contributed by atoms with Gasteiger partial charge in [0.05, 0.1) is 12.2 Å². The molecule has 0 bridgehead atoms. The zero-order valence-electron chi connectivity index (χ0n) is 16.7. The molecule has 0 aliphatic rings. The van der Waals surface area contributed by atoms with E-state index in [9.17, 15) is 13.7 Å². The Balaban J connectivity index is 1.62. The van der Waals surface area contributed by atoms with E-state index >= 15 is 0 Å². The molecule has 3 aromatic rings. The molecule has 0 aliphatic heterocycles. The fourth-order valence-electron chi connectivity index (χ4n) is 2.75. The van der Waals surface area contributed by atoms with Crippen LogP contribution in [0.2, 0.25) is 0 Å². The molecule has 3 aromatic carbocycles. The van der Waals surface area contributed by atoms with Crippen molar-refractivity contribution in [2.24, 2.45) is 0 Å². The highest BCUT2D eigenvalue weighted by Gasteiger charge is 2.16. The Kier molecular flexibility index (Phi) is 7.31. The molecule has 0 atom stereocenters. The van der Waals surface area contributed by atoms with E-state index < -0.39 is 10.1 Å². The molecular weight excluding hydrogens is 414 g/mol. The highest BCUT2D eigenvalue weighted by molar-refractivity contribution is 7.87. The molecule has 7 heteroatoms. The first-order chi connectivity index (χ1) is 15.0. The number of hydrogen-bond acceptors (Lipinski definition) is 6. The van der Waals surface area contributed by atoms with Crippen LogP contribution >= 0.6 is 0 Å². The molecule has 0 saturated heterocycles.